The van der Waals surface area contributed by atoms with E-state index in [-0.39, 0.29) is 0 Å². The molecule has 0 aliphatic carbocycles. The molecule has 3 heteroatoms. The molecule has 0 aliphatic heterocycles. The van der Waals surface area contributed by atoms with Crippen molar-refractivity contribution in [2.75, 3.05) is 0 Å². The quantitative estimate of drug-likeness (QED) is 0.824. The molecular formula is C12H17BrN2. The second-order valence-corrected chi connectivity index (χ2v) is 4.05. The normalized spacial score (nSPS) is 9.93. The Labute approximate surface area is 99.2 Å². The van der Waals surface area contributed by atoms with Gasteiger partial charge in [0.2, 0.25) is 0 Å². The van der Waals surface area contributed by atoms with Gasteiger partial charge in [-0.2, -0.15) is 0 Å². The van der Waals surface area contributed by atoms with Crippen LogP contribution in [0.2, 0.25) is 0 Å². The topological polar surface area (TPSA) is 28.7 Å². The summed E-state index contributed by atoms with van der Waals surface area (Å²) in [5, 5.41) is 1.21. The molecule has 0 unspecified atom stereocenters. The molecule has 2 aromatic heterocycles. The van der Waals surface area contributed by atoms with Gasteiger partial charge in [-0.15, -0.1) is 0 Å². The van der Waals surface area contributed by atoms with Crippen LogP contribution < -0.4 is 0 Å². The number of rotatable bonds is 1. The molecule has 15 heavy (non-hydrogen) atoms. The number of nitrogens with zero attached hydrogens (tertiary/aromatic N) is 1. The molecule has 0 aromatic carbocycles. The van der Waals surface area contributed by atoms with Crippen molar-refractivity contribution in [1.82, 2.24) is 9.97 Å². The van der Waals surface area contributed by atoms with Crippen LogP contribution >= 0.6 is 15.9 Å². The average molecular weight is 269 g/mol. The van der Waals surface area contributed by atoms with Crippen LogP contribution in [0.3, 0.4) is 0 Å². The number of aromatic nitrogens is 2. The summed E-state index contributed by atoms with van der Waals surface area (Å²) in [6.07, 6.45) is 2.84. The SMILES string of the molecule is CC.CCc1[nH]c2ncc(Br)cc2c1C. The highest BCUT2D eigenvalue weighted by atomic mass is 79.9. The van der Waals surface area contributed by atoms with Gasteiger partial charge in [0.25, 0.3) is 0 Å². The molecule has 2 nitrogen and oxygen atoms in total. The van der Waals surface area contributed by atoms with Gasteiger partial charge in [-0.3, -0.25) is 0 Å². The van der Waals surface area contributed by atoms with Crippen molar-refractivity contribution in [2.45, 2.75) is 34.1 Å². The fourth-order valence-electron chi connectivity index (χ4n) is 1.58. The van der Waals surface area contributed by atoms with Gasteiger partial charge in [0, 0.05) is 21.7 Å². The van der Waals surface area contributed by atoms with Crippen molar-refractivity contribution < 1.29 is 0 Å². The molecule has 2 rings (SSSR count). The molecule has 2 heterocycles. The Bertz CT molecular complexity index is 446. The number of aryl methyl sites for hydroxylation is 2. The zero-order valence-electron chi connectivity index (χ0n) is 9.69. The first kappa shape index (κ1) is 12.2. The zero-order chi connectivity index (χ0) is 11.4. The van der Waals surface area contributed by atoms with Crippen molar-refractivity contribution in [3.63, 3.8) is 0 Å². The molecule has 82 valence electrons. The van der Waals surface area contributed by atoms with E-state index in [1.165, 1.54) is 16.6 Å². The Morgan fingerprint density at radius 1 is 1.40 bits per heavy atom. The summed E-state index contributed by atoms with van der Waals surface area (Å²) in [6.45, 7) is 8.28. The van der Waals surface area contributed by atoms with E-state index in [4.69, 9.17) is 0 Å². The van der Waals surface area contributed by atoms with Gasteiger partial charge in [0.15, 0.2) is 0 Å². The minimum Gasteiger partial charge on any atom is -0.343 e. The van der Waals surface area contributed by atoms with Gasteiger partial charge in [-0.25, -0.2) is 4.98 Å². The van der Waals surface area contributed by atoms with Crippen LogP contribution in [0, 0.1) is 6.92 Å². The summed E-state index contributed by atoms with van der Waals surface area (Å²) >= 11 is 3.42. The number of pyridine rings is 1. The fourth-order valence-corrected chi connectivity index (χ4v) is 1.91. The minimum absolute atomic E-state index is 0.984. The van der Waals surface area contributed by atoms with Crippen LogP contribution in [0.5, 0.6) is 0 Å². The standard InChI is InChI=1S/C10H11BrN2.C2H6/c1-3-9-6(2)8-4-7(11)5-12-10(8)13-9;1-2/h4-5H,3H2,1-2H3,(H,12,13);1-2H3. The van der Waals surface area contributed by atoms with Crippen molar-refractivity contribution in [2.24, 2.45) is 0 Å². The number of hydrogen-bond acceptors (Lipinski definition) is 1. The monoisotopic (exact) mass is 268 g/mol. The number of nitrogens with one attached hydrogen (secondary N) is 1. The molecule has 0 radical (unpaired) electrons. The van der Waals surface area contributed by atoms with E-state index in [2.05, 4.69) is 45.8 Å². The third kappa shape index (κ3) is 2.40. The number of hydrogen-bond donors (Lipinski definition) is 1. The first-order chi connectivity index (χ1) is 7.22. The first-order valence-corrected chi connectivity index (χ1v) is 6.14. The second-order valence-electron chi connectivity index (χ2n) is 3.13. The van der Waals surface area contributed by atoms with E-state index in [1.807, 2.05) is 20.0 Å². The number of H-pyrrole nitrogens is 1. The molecule has 0 saturated carbocycles. The smallest absolute Gasteiger partial charge is 0.137 e. The lowest BCUT2D eigenvalue weighted by Crippen LogP contribution is -1.80. The molecule has 0 fully saturated rings. The second kappa shape index (κ2) is 5.31. The number of halogens is 1. The predicted octanol–water partition coefficient (Wildman–Crippen LogP) is 4.22. The van der Waals surface area contributed by atoms with Gasteiger partial charge in [-0.05, 0) is 40.9 Å². The molecule has 0 spiro atoms. The Hall–Kier alpha value is -0.830. The van der Waals surface area contributed by atoms with Gasteiger partial charge in [0.1, 0.15) is 5.65 Å². The predicted molar refractivity (Wildman–Crippen MR) is 69.3 cm³/mol. The summed E-state index contributed by atoms with van der Waals surface area (Å²) in [5.74, 6) is 0. The van der Waals surface area contributed by atoms with Crippen molar-refractivity contribution in [3.8, 4) is 0 Å². The van der Waals surface area contributed by atoms with Gasteiger partial charge in [0.05, 0.1) is 0 Å². The summed E-state index contributed by atoms with van der Waals surface area (Å²) in [6, 6.07) is 2.10. The van der Waals surface area contributed by atoms with Gasteiger partial charge < -0.3 is 4.98 Å². The Morgan fingerprint density at radius 2 is 2.07 bits per heavy atom. The molecule has 0 saturated heterocycles. The molecule has 0 bridgehead atoms. The zero-order valence-corrected chi connectivity index (χ0v) is 11.3. The van der Waals surface area contributed by atoms with Crippen LogP contribution in [-0.2, 0) is 6.42 Å². The third-order valence-corrected chi connectivity index (χ3v) is 2.77. The van der Waals surface area contributed by atoms with Gasteiger partial charge >= 0.3 is 0 Å². The van der Waals surface area contributed by atoms with E-state index in [1.54, 1.807) is 0 Å². The van der Waals surface area contributed by atoms with Crippen LogP contribution in [0.15, 0.2) is 16.7 Å². The summed E-state index contributed by atoms with van der Waals surface area (Å²) in [5.41, 5.74) is 3.57. The maximum Gasteiger partial charge on any atom is 0.137 e. The third-order valence-electron chi connectivity index (χ3n) is 2.33. The Balaban J connectivity index is 0.000000531. The maximum absolute atomic E-state index is 4.31. The lowest BCUT2D eigenvalue weighted by Gasteiger charge is -1.92. The van der Waals surface area contributed by atoms with E-state index < -0.39 is 0 Å². The fraction of sp³-hybridized carbons (Fsp3) is 0.417. The Morgan fingerprint density at radius 3 is 2.67 bits per heavy atom. The number of aromatic amines is 1. The van der Waals surface area contributed by atoms with E-state index in [0.717, 1.165) is 16.5 Å². The highest BCUT2D eigenvalue weighted by Crippen LogP contribution is 2.23. The summed E-state index contributed by atoms with van der Waals surface area (Å²) < 4.78 is 1.03. The number of fused-ring (bicyclic) bond motifs is 1. The molecule has 1 N–H and O–H groups in total. The largest absolute Gasteiger partial charge is 0.343 e. The lowest BCUT2D eigenvalue weighted by atomic mass is 10.2. The van der Waals surface area contributed by atoms with Crippen molar-refractivity contribution >= 4 is 27.0 Å². The van der Waals surface area contributed by atoms with E-state index in [0.29, 0.717) is 0 Å². The Kier molecular flexibility index (Phi) is 4.33. The van der Waals surface area contributed by atoms with Crippen LogP contribution in [0.25, 0.3) is 11.0 Å². The molecular weight excluding hydrogens is 252 g/mol. The molecule has 0 atom stereocenters. The van der Waals surface area contributed by atoms with Crippen LogP contribution in [0.4, 0.5) is 0 Å². The molecule has 0 aliphatic rings. The lowest BCUT2D eigenvalue weighted by molar-refractivity contribution is 1.05. The summed E-state index contributed by atoms with van der Waals surface area (Å²) in [7, 11) is 0. The van der Waals surface area contributed by atoms with Crippen LogP contribution in [-0.4, -0.2) is 9.97 Å². The van der Waals surface area contributed by atoms with E-state index >= 15 is 0 Å². The average Bonchev–Trinajstić information content (AvgIpc) is 2.59. The highest BCUT2D eigenvalue weighted by Gasteiger charge is 2.06. The minimum atomic E-state index is 0.984. The van der Waals surface area contributed by atoms with E-state index in [9.17, 15) is 0 Å². The van der Waals surface area contributed by atoms with Crippen molar-refractivity contribution in [3.05, 3.63) is 28.0 Å². The molecule has 2 aromatic rings. The van der Waals surface area contributed by atoms with Gasteiger partial charge in [-0.1, -0.05) is 20.8 Å². The first-order valence-electron chi connectivity index (χ1n) is 5.35. The van der Waals surface area contributed by atoms with Crippen LogP contribution in [0.1, 0.15) is 32.0 Å². The maximum atomic E-state index is 4.31. The summed E-state index contributed by atoms with van der Waals surface area (Å²) in [4.78, 5) is 7.62. The van der Waals surface area contributed by atoms with Crippen molar-refractivity contribution in [1.29, 1.82) is 0 Å². The molecule has 0 amide bonds. The highest BCUT2D eigenvalue weighted by molar-refractivity contribution is 9.10.